The van der Waals surface area contributed by atoms with Crippen molar-refractivity contribution in [3.05, 3.63) is 29.6 Å². The first-order chi connectivity index (χ1) is 7.74. The second-order valence-corrected chi connectivity index (χ2v) is 5.34. The number of hydrogen-bond donors (Lipinski definition) is 2. The number of rotatable bonds is 4. The van der Waals surface area contributed by atoms with Crippen LogP contribution in [-0.4, -0.2) is 20.4 Å². The summed E-state index contributed by atoms with van der Waals surface area (Å²) in [5.41, 5.74) is 5.22. The van der Waals surface area contributed by atoms with E-state index in [1.165, 1.54) is 13.8 Å². The Balaban J connectivity index is 3.10. The van der Waals surface area contributed by atoms with Gasteiger partial charge in [-0.3, -0.25) is 4.79 Å². The lowest BCUT2D eigenvalue weighted by Crippen LogP contribution is -2.42. The lowest BCUT2D eigenvalue weighted by molar-refractivity contribution is -0.119. The molecule has 1 rings (SSSR count). The van der Waals surface area contributed by atoms with Crippen molar-refractivity contribution in [1.82, 2.24) is 4.72 Å². The summed E-state index contributed by atoms with van der Waals surface area (Å²) in [6.07, 6.45) is 0. The zero-order valence-electron chi connectivity index (χ0n) is 9.40. The first-order valence-corrected chi connectivity index (χ1v) is 6.30. The Morgan fingerprint density at radius 1 is 1.47 bits per heavy atom. The summed E-state index contributed by atoms with van der Waals surface area (Å²) >= 11 is 0. The van der Waals surface area contributed by atoms with Gasteiger partial charge in [0.2, 0.25) is 15.9 Å². The number of sulfonamides is 1. The van der Waals surface area contributed by atoms with Crippen LogP contribution in [0.5, 0.6) is 0 Å². The lowest BCUT2D eigenvalue weighted by atomic mass is 10.2. The van der Waals surface area contributed by atoms with Gasteiger partial charge in [0.25, 0.3) is 0 Å². The Bertz CT molecular complexity index is 542. The van der Waals surface area contributed by atoms with E-state index in [9.17, 15) is 17.6 Å². The largest absolute Gasteiger partial charge is 0.368 e. The van der Waals surface area contributed by atoms with Crippen molar-refractivity contribution in [3.8, 4) is 0 Å². The molecule has 17 heavy (non-hydrogen) atoms. The van der Waals surface area contributed by atoms with Crippen molar-refractivity contribution in [1.29, 1.82) is 0 Å². The van der Waals surface area contributed by atoms with E-state index in [0.29, 0.717) is 0 Å². The Hall–Kier alpha value is -1.47. The van der Waals surface area contributed by atoms with Crippen LogP contribution in [0.15, 0.2) is 23.1 Å². The number of aryl methyl sites for hydroxylation is 1. The van der Waals surface area contributed by atoms with Crippen LogP contribution in [0.25, 0.3) is 0 Å². The molecule has 1 amide bonds. The third-order valence-corrected chi connectivity index (χ3v) is 3.89. The van der Waals surface area contributed by atoms with Crippen LogP contribution in [0.4, 0.5) is 4.39 Å². The van der Waals surface area contributed by atoms with Gasteiger partial charge in [-0.25, -0.2) is 12.8 Å². The SMILES string of the molecule is Cc1cc(F)ccc1S(=O)(=O)N[C@H](C)C(N)=O. The Labute approximate surface area is 98.9 Å². The summed E-state index contributed by atoms with van der Waals surface area (Å²) in [4.78, 5) is 10.7. The van der Waals surface area contributed by atoms with Gasteiger partial charge in [0.05, 0.1) is 10.9 Å². The minimum Gasteiger partial charge on any atom is -0.368 e. The zero-order chi connectivity index (χ0) is 13.2. The molecular weight excluding hydrogens is 247 g/mol. The van der Waals surface area contributed by atoms with Gasteiger partial charge in [-0.15, -0.1) is 0 Å². The van der Waals surface area contributed by atoms with E-state index in [0.717, 1.165) is 18.2 Å². The molecule has 0 spiro atoms. The van der Waals surface area contributed by atoms with Crippen LogP contribution >= 0.6 is 0 Å². The summed E-state index contributed by atoms with van der Waals surface area (Å²) in [5, 5.41) is 0. The molecule has 5 nitrogen and oxygen atoms in total. The molecule has 0 aliphatic carbocycles. The van der Waals surface area contributed by atoms with Gasteiger partial charge < -0.3 is 5.73 Å². The monoisotopic (exact) mass is 260 g/mol. The normalized spacial score (nSPS) is 13.4. The smallest absolute Gasteiger partial charge is 0.241 e. The van der Waals surface area contributed by atoms with Gasteiger partial charge >= 0.3 is 0 Å². The second-order valence-electron chi connectivity index (χ2n) is 3.66. The lowest BCUT2D eigenvalue weighted by Gasteiger charge is -2.12. The average molecular weight is 260 g/mol. The molecule has 1 aromatic rings. The van der Waals surface area contributed by atoms with Gasteiger partial charge in [0, 0.05) is 0 Å². The van der Waals surface area contributed by atoms with Crippen LogP contribution in [0, 0.1) is 12.7 Å². The fraction of sp³-hybridized carbons (Fsp3) is 0.300. The van der Waals surface area contributed by atoms with Crippen LogP contribution in [0.3, 0.4) is 0 Å². The van der Waals surface area contributed by atoms with Crippen molar-refractivity contribution < 1.29 is 17.6 Å². The van der Waals surface area contributed by atoms with E-state index in [1.807, 2.05) is 0 Å². The topological polar surface area (TPSA) is 89.3 Å². The molecule has 0 heterocycles. The van der Waals surface area contributed by atoms with Crippen molar-refractivity contribution in [2.45, 2.75) is 24.8 Å². The first-order valence-electron chi connectivity index (χ1n) is 4.82. The molecule has 0 saturated heterocycles. The van der Waals surface area contributed by atoms with Crippen molar-refractivity contribution >= 4 is 15.9 Å². The minimum absolute atomic E-state index is 0.0769. The number of primary amides is 1. The molecular formula is C10H13FN2O3S. The number of halogens is 1. The van der Waals surface area contributed by atoms with Crippen LogP contribution in [-0.2, 0) is 14.8 Å². The van der Waals surface area contributed by atoms with Crippen LogP contribution in [0.1, 0.15) is 12.5 Å². The van der Waals surface area contributed by atoms with Crippen molar-refractivity contribution in [2.75, 3.05) is 0 Å². The highest BCUT2D eigenvalue weighted by atomic mass is 32.2. The van der Waals surface area contributed by atoms with E-state index in [-0.39, 0.29) is 10.5 Å². The highest BCUT2D eigenvalue weighted by Crippen LogP contribution is 2.16. The number of amides is 1. The van der Waals surface area contributed by atoms with Gasteiger partial charge in [-0.05, 0) is 37.6 Å². The van der Waals surface area contributed by atoms with E-state index in [2.05, 4.69) is 4.72 Å². The summed E-state index contributed by atoms with van der Waals surface area (Å²) in [6.45, 7) is 2.80. The molecule has 94 valence electrons. The van der Waals surface area contributed by atoms with Crippen LogP contribution < -0.4 is 10.5 Å². The number of nitrogens with one attached hydrogen (secondary N) is 1. The number of carbonyl (C=O) groups is 1. The molecule has 0 unspecified atom stereocenters. The molecule has 0 fully saturated rings. The van der Waals surface area contributed by atoms with Gasteiger partial charge in [-0.1, -0.05) is 0 Å². The molecule has 3 N–H and O–H groups in total. The summed E-state index contributed by atoms with van der Waals surface area (Å²) < 4.78 is 38.6. The predicted molar refractivity (Wildman–Crippen MR) is 60.1 cm³/mol. The van der Waals surface area contributed by atoms with E-state index < -0.39 is 27.8 Å². The van der Waals surface area contributed by atoms with Crippen LogP contribution in [0.2, 0.25) is 0 Å². The highest BCUT2D eigenvalue weighted by molar-refractivity contribution is 7.89. The molecule has 1 aromatic carbocycles. The molecule has 1 atom stereocenters. The molecule has 0 radical (unpaired) electrons. The number of hydrogen-bond acceptors (Lipinski definition) is 3. The number of carbonyl (C=O) groups excluding carboxylic acids is 1. The van der Waals surface area contributed by atoms with E-state index in [4.69, 9.17) is 5.73 Å². The van der Waals surface area contributed by atoms with Crippen molar-refractivity contribution in [2.24, 2.45) is 5.73 Å². The number of nitrogens with two attached hydrogens (primary N) is 1. The van der Waals surface area contributed by atoms with Gasteiger partial charge in [0.1, 0.15) is 5.82 Å². The molecule has 7 heteroatoms. The standard InChI is InChI=1S/C10H13FN2O3S/c1-6-5-8(11)3-4-9(6)17(15,16)13-7(2)10(12)14/h3-5,7,13H,1-2H3,(H2,12,14)/t7-/m1/s1. The zero-order valence-corrected chi connectivity index (χ0v) is 10.2. The summed E-state index contributed by atoms with van der Waals surface area (Å²) in [5.74, 6) is -1.31. The predicted octanol–water partition coefficient (Wildman–Crippen LogP) is 0.286. The molecule has 0 saturated carbocycles. The quantitative estimate of drug-likeness (QED) is 0.815. The summed E-state index contributed by atoms with van der Waals surface area (Å²) in [7, 11) is -3.87. The molecule has 0 bridgehead atoms. The average Bonchev–Trinajstić information content (AvgIpc) is 2.15. The summed E-state index contributed by atoms with van der Waals surface area (Å²) in [6, 6.07) is 2.25. The third-order valence-electron chi connectivity index (χ3n) is 2.19. The fourth-order valence-corrected chi connectivity index (χ4v) is 2.71. The Morgan fingerprint density at radius 3 is 2.53 bits per heavy atom. The molecule has 0 aliphatic heterocycles. The van der Waals surface area contributed by atoms with E-state index in [1.54, 1.807) is 0 Å². The fourth-order valence-electron chi connectivity index (χ4n) is 1.27. The van der Waals surface area contributed by atoms with Crippen molar-refractivity contribution in [3.63, 3.8) is 0 Å². The maximum absolute atomic E-state index is 12.8. The second kappa shape index (κ2) is 4.80. The molecule has 0 aliphatic rings. The Morgan fingerprint density at radius 2 is 2.06 bits per heavy atom. The first kappa shape index (κ1) is 13.6. The third kappa shape index (κ3) is 3.24. The maximum atomic E-state index is 12.8. The minimum atomic E-state index is -3.87. The molecule has 0 aromatic heterocycles. The maximum Gasteiger partial charge on any atom is 0.241 e. The van der Waals surface area contributed by atoms with E-state index >= 15 is 0 Å². The van der Waals surface area contributed by atoms with Gasteiger partial charge in [0.15, 0.2) is 0 Å². The van der Waals surface area contributed by atoms with Gasteiger partial charge in [-0.2, -0.15) is 4.72 Å². The highest BCUT2D eigenvalue weighted by Gasteiger charge is 2.22. The number of benzene rings is 1. The Kier molecular flexibility index (Phi) is 3.84.